The number of aromatic hydroxyl groups is 1. The molecule has 4 aliphatic heterocycles. The molecule has 0 radical (unpaired) electrons. The molecule has 1 unspecified atom stereocenters. The summed E-state index contributed by atoms with van der Waals surface area (Å²) in [6.07, 6.45) is -14.8. The topological polar surface area (TPSA) is 327 Å². The van der Waals surface area contributed by atoms with E-state index in [0.717, 1.165) is 0 Å². The molecule has 50 heavy (non-hydrogen) atoms. The highest BCUT2D eigenvalue weighted by Crippen LogP contribution is 2.37. The van der Waals surface area contributed by atoms with Crippen LogP contribution >= 0.6 is 0 Å². The Morgan fingerprint density at radius 2 is 1.50 bits per heavy atom. The highest BCUT2D eigenvalue weighted by atomic mass is 16.8. The molecule has 20 heteroatoms. The molecule has 0 amide bonds. The first kappa shape index (κ1) is 37.3. The van der Waals surface area contributed by atoms with E-state index in [9.17, 15) is 70.6 Å². The van der Waals surface area contributed by atoms with Crippen molar-refractivity contribution in [3.63, 3.8) is 0 Å². The van der Waals surface area contributed by atoms with Crippen molar-refractivity contribution < 1.29 is 94.4 Å². The number of hydrogen-bond donors (Lipinski definition) is 13. The number of fused-ring (bicyclic) bond motifs is 1. The molecular weight excluding hydrogens is 676 g/mol. The summed E-state index contributed by atoms with van der Waals surface area (Å²) in [5.74, 6) is -4.74. The Labute approximate surface area is 282 Å². The van der Waals surface area contributed by atoms with Gasteiger partial charge in [0, 0.05) is 24.5 Å². The Morgan fingerprint density at radius 1 is 0.860 bits per heavy atom. The Morgan fingerprint density at radius 3 is 2.10 bits per heavy atom. The Kier molecular flexibility index (Phi) is 11.3. The van der Waals surface area contributed by atoms with E-state index in [0.29, 0.717) is 21.7 Å². The zero-order chi connectivity index (χ0) is 36.6. The first-order valence-electron chi connectivity index (χ1n) is 15.5. The van der Waals surface area contributed by atoms with Crippen molar-refractivity contribution in [3.05, 3.63) is 41.1 Å². The second-order valence-corrected chi connectivity index (χ2v) is 12.3. The quantitative estimate of drug-likeness (QED) is 0.0949. The van der Waals surface area contributed by atoms with Gasteiger partial charge in [0.2, 0.25) is 6.29 Å². The molecule has 1 aromatic rings. The summed E-state index contributed by atoms with van der Waals surface area (Å²) in [6.45, 7) is -1.68. The van der Waals surface area contributed by atoms with Gasteiger partial charge >= 0.3 is 17.9 Å². The van der Waals surface area contributed by atoms with Crippen LogP contribution in [0.5, 0.6) is 11.5 Å². The molecule has 0 aromatic heterocycles. The van der Waals surface area contributed by atoms with Gasteiger partial charge in [0.15, 0.2) is 29.9 Å². The number of rotatable bonds is 11. The van der Waals surface area contributed by atoms with Crippen LogP contribution in [-0.2, 0) is 35.0 Å². The number of phenolic OH excluding ortho intramolecular Hbond substituents is 1. The average Bonchev–Trinajstić information content (AvgIpc) is 3.43. The van der Waals surface area contributed by atoms with E-state index in [-0.39, 0.29) is 30.8 Å². The van der Waals surface area contributed by atoms with Gasteiger partial charge in [-0.3, -0.25) is 4.90 Å². The molecule has 4 heterocycles. The minimum absolute atomic E-state index is 0.0488. The van der Waals surface area contributed by atoms with E-state index >= 15 is 0 Å². The van der Waals surface area contributed by atoms with Gasteiger partial charge in [0.05, 0.1) is 13.2 Å². The fourth-order valence-electron chi connectivity index (χ4n) is 6.37. The maximum Gasteiger partial charge on any atom is 0.363 e. The molecule has 2 saturated heterocycles. The molecule has 13 atom stereocenters. The van der Waals surface area contributed by atoms with Crippen LogP contribution in [-0.4, -0.2) is 167 Å². The van der Waals surface area contributed by atoms with Crippen molar-refractivity contribution in [1.29, 1.82) is 0 Å². The smallest absolute Gasteiger partial charge is 0.363 e. The molecule has 4 aliphatic rings. The first-order chi connectivity index (χ1) is 23.6. The fourth-order valence-corrected chi connectivity index (χ4v) is 6.37. The van der Waals surface area contributed by atoms with Crippen LogP contribution < -0.4 is 15.0 Å². The second-order valence-electron chi connectivity index (χ2n) is 12.3. The highest BCUT2D eigenvalue weighted by Gasteiger charge is 2.52. The maximum absolute atomic E-state index is 12.3. The zero-order valence-electron chi connectivity index (χ0n) is 26.1. The minimum atomic E-state index is -1.92. The van der Waals surface area contributed by atoms with Crippen LogP contribution in [0.1, 0.15) is 12.0 Å². The number of carboxylic acids is 3. The van der Waals surface area contributed by atoms with Gasteiger partial charge in [-0.15, -0.1) is 0 Å². The molecule has 5 rings (SSSR count). The summed E-state index contributed by atoms with van der Waals surface area (Å²) < 4.78 is 22.5. The van der Waals surface area contributed by atoms with E-state index in [4.69, 9.17) is 18.9 Å². The third kappa shape index (κ3) is 7.41. The Balaban J connectivity index is 1.44. The van der Waals surface area contributed by atoms with Gasteiger partial charge < -0.3 is 80.4 Å². The van der Waals surface area contributed by atoms with E-state index in [1.54, 1.807) is 0 Å². The molecule has 0 spiro atoms. The third-order valence-corrected chi connectivity index (χ3v) is 9.09. The van der Waals surface area contributed by atoms with Gasteiger partial charge in [-0.25, -0.2) is 14.4 Å². The predicted molar refractivity (Wildman–Crippen MR) is 159 cm³/mol. The minimum Gasteiger partial charge on any atom is -0.504 e. The Hall–Kier alpha value is -3.93. The third-order valence-electron chi connectivity index (χ3n) is 9.09. The van der Waals surface area contributed by atoms with Gasteiger partial charge in [0.25, 0.3) is 0 Å². The van der Waals surface area contributed by atoms with Crippen molar-refractivity contribution >= 4 is 23.6 Å². The van der Waals surface area contributed by atoms with E-state index < -0.39 is 110 Å². The summed E-state index contributed by atoms with van der Waals surface area (Å²) in [5.41, 5.74) is 0.673. The number of aliphatic hydroxyl groups excluding tert-OH is 7. The lowest BCUT2D eigenvalue weighted by Crippen LogP contribution is -3.11. The van der Waals surface area contributed by atoms with E-state index in [1.807, 2.05) is 0 Å². The van der Waals surface area contributed by atoms with Crippen LogP contribution in [0, 0.1) is 0 Å². The molecule has 20 nitrogen and oxygen atoms in total. The molecule has 0 aliphatic carbocycles. The summed E-state index contributed by atoms with van der Waals surface area (Å²) in [7, 11) is 0. The molecule has 1 aromatic carbocycles. The number of ether oxygens (including phenoxy) is 4. The van der Waals surface area contributed by atoms with Crippen LogP contribution in [0.15, 0.2) is 35.6 Å². The lowest BCUT2D eigenvalue weighted by atomic mass is 9.97. The largest absolute Gasteiger partial charge is 0.504 e. The van der Waals surface area contributed by atoms with Crippen molar-refractivity contribution in [2.24, 2.45) is 0 Å². The number of carbonyl (C=O) groups is 3. The van der Waals surface area contributed by atoms with Gasteiger partial charge in [-0.05, 0) is 23.8 Å². The first-order valence-corrected chi connectivity index (χ1v) is 15.5. The lowest BCUT2D eigenvalue weighted by molar-refractivity contribution is -0.838. The van der Waals surface area contributed by atoms with Crippen molar-refractivity contribution in [1.82, 2.24) is 5.32 Å². The number of quaternary nitrogens is 1. The molecule has 2 fully saturated rings. The summed E-state index contributed by atoms with van der Waals surface area (Å²) in [4.78, 5) is 35.8. The number of nitrogens with one attached hydrogen (secondary N) is 2. The van der Waals surface area contributed by atoms with Crippen LogP contribution in [0.4, 0.5) is 5.69 Å². The van der Waals surface area contributed by atoms with Gasteiger partial charge in [-0.1, -0.05) is 0 Å². The number of hydrogen-bond acceptors (Lipinski definition) is 16. The zero-order valence-corrected chi connectivity index (χ0v) is 26.1. The van der Waals surface area contributed by atoms with Crippen LogP contribution in [0.3, 0.4) is 0 Å². The predicted octanol–water partition coefficient (Wildman–Crippen LogP) is -5.74. The van der Waals surface area contributed by atoms with E-state index in [2.05, 4.69) is 5.32 Å². The molecular formula is C30H39N2O18+. The molecule has 276 valence electrons. The van der Waals surface area contributed by atoms with Gasteiger partial charge in [0.1, 0.15) is 66.7 Å². The summed E-state index contributed by atoms with van der Waals surface area (Å²) in [6, 6.07) is 0.178. The molecule has 13 N–H and O–H groups in total. The van der Waals surface area contributed by atoms with Gasteiger partial charge in [-0.2, -0.15) is 0 Å². The molecule has 0 saturated carbocycles. The van der Waals surface area contributed by atoms with Crippen molar-refractivity contribution in [3.8, 4) is 11.5 Å². The number of aliphatic hydroxyl groups is 7. The number of aliphatic carboxylic acids is 3. The van der Waals surface area contributed by atoms with Crippen molar-refractivity contribution in [2.75, 3.05) is 19.8 Å². The number of phenols is 1. The van der Waals surface area contributed by atoms with Crippen molar-refractivity contribution in [2.45, 2.75) is 86.3 Å². The Bertz CT molecular complexity index is 1520. The maximum atomic E-state index is 12.3. The molecule has 0 bridgehead atoms. The lowest BCUT2D eigenvalue weighted by Gasteiger charge is -2.45. The van der Waals surface area contributed by atoms with Crippen LogP contribution in [0.25, 0.3) is 0 Å². The number of carboxylic acid groups (broad SMARTS) is 3. The van der Waals surface area contributed by atoms with Crippen LogP contribution in [0.2, 0.25) is 0 Å². The highest BCUT2D eigenvalue weighted by molar-refractivity contribution is 5.89. The normalized spacial score (nSPS) is 37.8. The summed E-state index contributed by atoms with van der Waals surface area (Å²) >= 11 is 0. The SMILES string of the molecule is O=C(O)C1=C/C(=C\C[NH+]2c3cc(O[C@@H]4O[C@H](CO)[C@@H](O)[C@H](O)[C@H]4O[C@@H]4O[C@H](CO)[C@@H](O)[C@H](O)[C@H]4O)c(O)cc3C[C@H]2C(=O)O)C[C@H](C(=O)O)N1. The second kappa shape index (κ2) is 15.1. The average molecular weight is 716 g/mol. The number of benzene rings is 1. The standard InChI is InChI=1S/C30H38N2O18/c33-8-18-20(36)22(38)24(40)29(48-18)50-25-23(39)21(37)19(9-34)49-30(25)47-17-7-14-11(6-16(17)35)5-15(28(45)46)32(14)2-1-10-3-12(26(41)42)31-13(4-10)27(43)44/h1,3,6-7,13,15,18-25,29-31,33-40H,2,4-5,8-9H2,(H,41,42)(H,43,44)(H,45,46)/p+1/b10-1+/t13-,15+,18-,19-,20-,21-,22+,23+,24-,25-,29+,30-/m1/s1. The fraction of sp³-hybridized carbons (Fsp3) is 0.567. The number of allylic oxidation sites excluding steroid dienone is 1. The monoisotopic (exact) mass is 715 g/mol. The van der Waals surface area contributed by atoms with E-state index in [1.165, 1.54) is 24.3 Å². The summed E-state index contributed by atoms with van der Waals surface area (Å²) in [5, 5.41) is 114.